The number of hydrogen-bond donors (Lipinski definition) is 1. The SMILES string of the molecule is CC(C)COCCOC(=O)[C@H](N)CC(C)C. The molecule has 4 nitrogen and oxygen atoms in total. The van der Waals surface area contributed by atoms with Gasteiger partial charge in [0, 0.05) is 6.61 Å². The molecule has 0 aromatic rings. The Bertz CT molecular complexity index is 193. The summed E-state index contributed by atoms with van der Waals surface area (Å²) in [6.07, 6.45) is 0.658. The molecule has 0 saturated carbocycles. The summed E-state index contributed by atoms with van der Waals surface area (Å²) in [6.45, 7) is 9.62. The zero-order chi connectivity index (χ0) is 12.6. The molecule has 0 bridgehead atoms. The van der Waals surface area contributed by atoms with Crippen molar-refractivity contribution in [1.82, 2.24) is 0 Å². The molecule has 0 amide bonds. The van der Waals surface area contributed by atoms with E-state index in [1.165, 1.54) is 0 Å². The van der Waals surface area contributed by atoms with Crippen LogP contribution in [0.15, 0.2) is 0 Å². The van der Waals surface area contributed by atoms with Gasteiger partial charge < -0.3 is 15.2 Å². The number of ether oxygens (including phenoxy) is 2. The maximum absolute atomic E-state index is 11.4. The second-order valence-corrected chi connectivity index (χ2v) is 4.87. The quantitative estimate of drug-likeness (QED) is 0.509. The first-order valence-corrected chi connectivity index (χ1v) is 5.93. The summed E-state index contributed by atoms with van der Waals surface area (Å²) in [5.41, 5.74) is 5.67. The van der Waals surface area contributed by atoms with Crippen LogP contribution in [0, 0.1) is 11.8 Å². The molecule has 0 saturated heterocycles. The molecule has 0 aliphatic heterocycles. The Kier molecular flexibility index (Phi) is 8.21. The molecule has 0 fully saturated rings. The molecule has 0 aliphatic carbocycles. The van der Waals surface area contributed by atoms with Gasteiger partial charge in [-0.1, -0.05) is 27.7 Å². The highest BCUT2D eigenvalue weighted by molar-refractivity contribution is 5.75. The van der Waals surface area contributed by atoms with E-state index in [2.05, 4.69) is 13.8 Å². The van der Waals surface area contributed by atoms with Gasteiger partial charge in [0.15, 0.2) is 0 Å². The van der Waals surface area contributed by atoms with E-state index in [4.69, 9.17) is 15.2 Å². The fourth-order valence-electron chi connectivity index (χ4n) is 1.23. The minimum Gasteiger partial charge on any atom is -0.462 e. The zero-order valence-corrected chi connectivity index (χ0v) is 10.9. The molecule has 0 radical (unpaired) electrons. The highest BCUT2D eigenvalue weighted by Crippen LogP contribution is 2.03. The standard InChI is InChI=1S/C12H25NO3/c1-9(2)7-11(13)12(14)16-6-5-15-8-10(3)4/h9-11H,5-8,13H2,1-4H3/t11-/m1/s1. The van der Waals surface area contributed by atoms with Crippen molar-refractivity contribution in [3.63, 3.8) is 0 Å². The first-order valence-electron chi connectivity index (χ1n) is 5.93. The number of carbonyl (C=O) groups is 1. The Morgan fingerprint density at radius 3 is 2.25 bits per heavy atom. The van der Waals surface area contributed by atoms with E-state index in [0.29, 0.717) is 31.5 Å². The van der Waals surface area contributed by atoms with Crippen molar-refractivity contribution in [3.05, 3.63) is 0 Å². The lowest BCUT2D eigenvalue weighted by molar-refractivity contribution is -0.147. The molecule has 0 rings (SSSR count). The molecule has 0 unspecified atom stereocenters. The second kappa shape index (κ2) is 8.53. The lowest BCUT2D eigenvalue weighted by Crippen LogP contribution is -2.34. The average Bonchev–Trinajstić information content (AvgIpc) is 2.15. The number of carbonyl (C=O) groups excluding carboxylic acids is 1. The topological polar surface area (TPSA) is 61.5 Å². The third-order valence-electron chi connectivity index (χ3n) is 1.95. The average molecular weight is 231 g/mol. The second-order valence-electron chi connectivity index (χ2n) is 4.87. The van der Waals surface area contributed by atoms with Crippen molar-refractivity contribution < 1.29 is 14.3 Å². The third kappa shape index (κ3) is 8.68. The summed E-state index contributed by atoms with van der Waals surface area (Å²) < 4.78 is 10.3. The summed E-state index contributed by atoms with van der Waals surface area (Å²) in [5, 5.41) is 0. The van der Waals surface area contributed by atoms with Gasteiger partial charge in [-0.05, 0) is 18.3 Å². The van der Waals surface area contributed by atoms with Gasteiger partial charge in [-0.3, -0.25) is 4.79 Å². The van der Waals surface area contributed by atoms with Gasteiger partial charge in [0.1, 0.15) is 12.6 Å². The van der Waals surface area contributed by atoms with Gasteiger partial charge in [0.05, 0.1) is 6.61 Å². The van der Waals surface area contributed by atoms with Gasteiger partial charge in [-0.25, -0.2) is 0 Å². The molecule has 16 heavy (non-hydrogen) atoms. The summed E-state index contributed by atoms with van der Waals surface area (Å²) in [6, 6.07) is -0.509. The van der Waals surface area contributed by atoms with E-state index < -0.39 is 6.04 Å². The maximum Gasteiger partial charge on any atom is 0.322 e. The summed E-state index contributed by atoms with van der Waals surface area (Å²) in [5.74, 6) is 0.570. The Hall–Kier alpha value is -0.610. The molecular formula is C12H25NO3. The smallest absolute Gasteiger partial charge is 0.322 e. The zero-order valence-electron chi connectivity index (χ0n) is 10.9. The minimum atomic E-state index is -0.509. The molecule has 96 valence electrons. The van der Waals surface area contributed by atoms with Crippen LogP contribution >= 0.6 is 0 Å². The van der Waals surface area contributed by atoms with Crippen LogP contribution in [0.3, 0.4) is 0 Å². The van der Waals surface area contributed by atoms with Gasteiger partial charge in [-0.2, -0.15) is 0 Å². The van der Waals surface area contributed by atoms with Gasteiger partial charge in [0.25, 0.3) is 0 Å². The van der Waals surface area contributed by atoms with Crippen LogP contribution in [0.1, 0.15) is 34.1 Å². The van der Waals surface area contributed by atoms with Crippen molar-refractivity contribution in [3.8, 4) is 0 Å². The highest BCUT2D eigenvalue weighted by atomic mass is 16.6. The monoisotopic (exact) mass is 231 g/mol. The van der Waals surface area contributed by atoms with Crippen molar-refractivity contribution >= 4 is 5.97 Å². The number of rotatable bonds is 8. The van der Waals surface area contributed by atoms with Crippen LogP contribution < -0.4 is 5.73 Å². The molecule has 0 aromatic heterocycles. The molecule has 0 aliphatic rings. The van der Waals surface area contributed by atoms with Crippen LogP contribution in [0.25, 0.3) is 0 Å². The molecule has 4 heteroatoms. The maximum atomic E-state index is 11.4. The van der Waals surface area contributed by atoms with Gasteiger partial charge in [0.2, 0.25) is 0 Å². The molecule has 0 spiro atoms. The Labute approximate surface area is 98.5 Å². The predicted molar refractivity (Wildman–Crippen MR) is 64.0 cm³/mol. The highest BCUT2D eigenvalue weighted by Gasteiger charge is 2.15. The number of hydrogen-bond acceptors (Lipinski definition) is 4. The molecular weight excluding hydrogens is 206 g/mol. The van der Waals surface area contributed by atoms with Crippen molar-refractivity contribution in [2.75, 3.05) is 19.8 Å². The van der Waals surface area contributed by atoms with Crippen LogP contribution in [-0.2, 0) is 14.3 Å². The predicted octanol–water partition coefficient (Wildman–Crippen LogP) is 1.58. The molecule has 0 aromatic carbocycles. The van der Waals surface area contributed by atoms with Crippen molar-refractivity contribution in [1.29, 1.82) is 0 Å². The third-order valence-corrected chi connectivity index (χ3v) is 1.95. The Morgan fingerprint density at radius 2 is 1.75 bits per heavy atom. The molecule has 2 N–H and O–H groups in total. The van der Waals surface area contributed by atoms with E-state index in [1.54, 1.807) is 0 Å². The summed E-state index contributed by atoms with van der Waals surface area (Å²) in [7, 11) is 0. The Balaban J connectivity index is 3.50. The Morgan fingerprint density at radius 1 is 1.12 bits per heavy atom. The fourth-order valence-corrected chi connectivity index (χ4v) is 1.23. The number of esters is 1. The largest absolute Gasteiger partial charge is 0.462 e. The van der Waals surface area contributed by atoms with Crippen molar-refractivity contribution in [2.24, 2.45) is 17.6 Å². The van der Waals surface area contributed by atoms with E-state index >= 15 is 0 Å². The molecule has 0 heterocycles. The van der Waals surface area contributed by atoms with E-state index in [9.17, 15) is 4.79 Å². The van der Waals surface area contributed by atoms with Crippen LogP contribution in [0.4, 0.5) is 0 Å². The van der Waals surface area contributed by atoms with Gasteiger partial charge in [-0.15, -0.1) is 0 Å². The van der Waals surface area contributed by atoms with Gasteiger partial charge >= 0.3 is 5.97 Å². The lowest BCUT2D eigenvalue weighted by Gasteiger charge is -2.13. The number of nitrogens with two attached hydrogens (primary N) is 1. The first kappa shape index (κ1) is 15.4. The fraction of sp³-hybridized carbons (Fsp3) is 0.917. The summed E-state index contributed by atoms with van der Waals surface area (Å²) in [4.78, 5) is 11.4. The van der Waals surface area contributed by atoms with E-state index in [-0.39, 0.29) is 12.6 Å². The van der Waals surface area contributed by atoms with Crippen molar-refractivity contribution in [2.45, 2.75) is 40.2 Å². The lowest BCUT2D eigenvalue weighted by atomic mass is 10.1. The van der Waals surface area contributed by atoms with Crippen LogP contribution in [0.2, 0.25) is 0 Å². The molecule has 1 atom stereocenters. The normalized spacial score (nSPS) is 13.2. The van der Waals surface area contributed by atoms with E-state index in [1.807, 2.05) is 13.8 Å². The van der Waals surface area contributed by atoms with Crippen LogP contribution in [0.5, 0.6) is 0 Å². The van der Waals surface area contributed by atoms with E-state index in [0.717, 1.165) is 0 Å². The van der Waals surface area contributed by atoms with Crippen LogP contribution in [-0.4, -0.2) is 31.8 Å². The minimum absolute atomic E-state index is 0.289. The first-order chi connectivity index (χ1) is 7.43. The summed E-state index contributed by atoms with van der Waals surface area (Å²) >= 11 is 0.